The van der Waals surface area contributed by atoms with Gasteiger partial charge in [0.15, 0.2) is 12.0 Å². The molecule has 0 bridgehead atoms. The SMILES string of the molecule is C#C.CC(C)OC(=O)[C@H](C)N.Cc1cn(C2C=C[C@@H](CO[P+](=O)Oc3ccccc3)O2)c(=O)[nH]c1=O. The summed E-state index contributed by atoms with van der Waals surface area (Å²) in [6, 6.07) is 8.17. The first-order valence-corrected chi connectivity index (χ1v) is 11.9. The number of rotatable bonds is 8. The predicted molar refractivity (Wildman–Crippen MR) is 135 cm³/mol. The number of esters is 1. The van der Waals surface area contributed by atoms with Crippen LogP contribution in [0.2, 0.25) is 0 Å². The van der Waals surface area contributed by atoms with Gasteiger partial charge >= 0.3 is 19.9 Å². The number of nitrogens with zero attached hydrogens (tertiary/aromatic N) is 1. The molecule has 12 heteroatoms. The summed E-state index contributed by atoms with van der Waals surface area (Å²) in [5, 5.41) is 0. The number of benzene rings is 1. The van der Waals surface area contributed by atoms with Crippen molar-refractivity contribution in [2.24, 2.45) is 5.73 Å². The van der Waals surface area contributed by atoms with Crippen LogP contribution in [-0.4, -0.2) is 40.4 Å². The number of carbonyl (C=O) groups excluding carboxylic acids is 1. The topological polar surface area (TPSA) is 152 Å². The molecule has 4 atom stereocenters. The fourth-order valence-corrected chi connectivity index (χ4v) is 3.20. The van der Waals surface area contributed by atoms with E-state index in [1.807, 2.05) is 6.07 Å². The molecule has 0 saturated heterocycles. The first kappa shape index (κ1) is 30.5. The monoisotopic (exact) mass is 520 g/mol. The molecule has 2 heterocycles. The molecule has 2 aromatic rings. The largest absolute Gasteiger partial charge is 0.750 e. The van der Waals surface area contributed by atoms with E-state index >= 15 is 0 Å². The summed E-state index contributed by atoms with van der Waals surface area (Å²) < 4.78 is 33.7. The smallest absolute Gasteiger partial charge is 0.462 e. The zero-order chi connectivity index (χ0) is 27.3. The van der Waals surface area contributed by atoms with E-state index in [0.717, 1.165) is 0 Å². The molecule has 1 aromatic carbocycles. The van der Waals surface area contributed by atoms with Crippen molar-refractivity contribution < 1.29 is 27.9 Å². The molecule has 0 amide bonds. The molecule has 1 aliphatic heterocycles. The van der Waals surface area contributed by atoms with Gasteiger partial charge in [0.25, 0.3) is 5.56 Å². The third-order valence-electron chi connectivity index (χ3n) is 4.22. The summed E-state index contributed by atoms with van der Waals surface area (Å²) in [4.78, 5) is 36.1. The van der Waals surface area contributed by atoms with E-state index in [4.69, 9.17) is 24.3 Å². The number of aromatic nitrogens is 2. The number of hydrogen-bond donors (Lipinski definition) is 2. The maximum atomic E-state index is 11.9. The molecule has 194 valence electrons. The molecule has 0 aliphatic carbocycles. The molecule has 0 radical (unpaired) electrons. The third-order valence-corrected chi connectivity index (χ3v) is 4.94. The number of H-pyrrole nitrogens is 1. The number of aromatic amines is 1. The summed E-state index contributed by atoms with van der Waals surface area (Å²) in [6.07, 6.45) is 11.6. The van der Waals surface area contributed by atoms with Gasteiger partial charge in [-0.3, -0.25) is 19.1 Å². The lowest BCUT2D eigenvalue weighted by atomic mass is 10.3. The van der Waals surface area contributed by atoms with Crippen molar-refractivity contribution in [3.8, 4) is 18.6 Å². The van der Waals surface area contributed by atoms with Gasteiger partial charge in [0, 0.05) is 16.3 Å². The average Bonchev–Trinajstić information content (AvgIpc) is 3.31. The van der Waals surface area contributed by atoms with Gasteiger partial charge in [-0.15, -0.1) is 17.4 Å². The van der Waals surface area contributed by atoms with Gasteiger partial charge in [0.1, 0.15) is 18.8 Å². The van der Waals surface area contributed by atoms with E-state index in [1.165, 1.54) is 10.8 Å². The highest BCUT2D eigenvalue weighted by atomic mass is 31.1. The highest BCUT2D eigenvalue weighted by molar-refractivity contribution is 7.33. The zero-order valence-corrected chi connectivity index (χ0v) is 21.4. The number of nitrogens with one attached hydrogen (secondary N) is 1. The Kier molecular flexibility index (Phi) is 13.1. The summed E-state index contributed by atoms with van der Waals surface area (Å²) in [6.45, 7) is 6.79. The summed E-state index contributed by atoms with van der Waals surface area (Å²) in [5.41, 5.74) is 4.61. The Morgan fingerprint density at radius 2 is 1.83 bits per heavy atom. The van der Waals surface area contributed by atoms with Crippen LogP contribution in [0.4, 0.5) is 0 Å². The standard InChI is InChI=1S/C16H15N2O6P.C6H13NO2.C2H2/c1-11-9-18(16(20)17-15(11)19)14-8-7-13(23-14)10-22-25(21)24-12-5-3-2-4-6-12;1-4(2)9-6(8)5(3)7;1-2/h2-9,13-14H,10H2,1H3;4-5H,7H2,1-3H3;1-2H/p+1/t13-,14?;5-;/m00./s1. The van der Waals surface area contributed by atoms with Gasteiger partial charge in [-0.2, -0.15) is 0 Å². The Bertz CT molecular complexity index is 1160. The van der Waals surface area contributed by atoms with E-state index < -0.39 is 37.9 Å². The number of ether oxygens (including phenoxy) is 2. The molecule has 1 aromatic heterocycles. The van der Waals surface area contributed by atoms with Crippen molar-refractivity contribution in [3.63, 3.8) is 0 Å². The number of hydrogen-bond acceptors (Lipinski definition) is 9. The van der Waals surface area contributed by atoms with Crippen molar-refractivity contribution in [2.45, 2.75) is 52.2 Å². The summed E-state index contributed by atoms with van der Waals surface area (Å²) in [7, 11) is -2.34. The normalized spacial score (nSPS) is 17.2. The van der Waals surface area contributed by atoms with Crippen LogP contribution in [0.25, 0.3) is 0 Å². The molecule has 0 saturated carbocycles. The first-order valence-electron chi connectivity index (χ1n) is 10.8. The van der Waals surface area contributed by atoms with Crippen LogP contribution in [0.1, 0.15) is 32.6 Å². The maximum absolute atomic E-state index is 11.9. The van der Waals surface area contributed by atoms with Crippen LogP contribution in [0, 0.1) is 19.8 Å². The lowest BCUT2D eigenvalue weighted by Gasteiger charge is -2.14. The highest BCUT2D eigenvalue weighted by Gasteiger charge is 2.28. The van der Waals surface area contributed by atoms with Crippen LogP contribution in [0.15, 0.2) is 58.3 Å². The van der Waals surface area contributed by atoms with Crippen molar-refractivity contribution in [2.75, 3.05) is 6.61 Å². The van der Waals surface area contributed by atoms with E-state index in [2.05, 4.69) is 17.8 Å². The van der Waals surface area contributed by atoms with Crippen LogP contribution >= 0.6 is 8.25 Å². The Labute approximate surface area is 210 Å². The van der Waals surface area contributed by atoms with Crippen molar-refractivity contribution >= 4 is 14.2 Å². The molecule has 2 unspecified atom stereocenters. The average molecular weight is 520 g/mol. The quantitative estimate of drug-likeness (QED) is 0.231. The van der Waals surface area contributed by atoms with Gasteiger partial charge in [-0.05, 0) is 45.9 Å². The third kappa shape index (κ3) is 10.4. The van der Waals surface area contributed by atoms with Crippen LogP contribution < -0.4 is 21.5 Å². The second-order valence-corrected chi connectivity index (χ2v) is 8.51. The van der Waals surface area contributed by atoms with Crippen molar-refractivity contribution in [1.82, 2.24) is 9.55 Å². The highest BCUT2D eigenvalue weighted by Crippen LogP contribution is 2.29. The molecular formula is C24H31N3O8P+. The maximum Gasteiger partial charge on any atom is 0.750 e. The number of nitrogens with two attached hydrogens (primary N) is 1. The van der Waals surface area contributed by atoms with Gasteiger partial charge in [0.05, 0.1) is 6.10 Å². The second kappa shape index (κ2) is 15.4. The minimum Gasteiger partial charge on any atom is -0.462 e. The lowest BCUT2D eigenvalue weighted by Crippen LogP contribution is -2.33. The number of terminal acetylenes is 1. The Balaban J connectivity index is 0.000000500. The van der Waals surface area contributed by atoms with E-state index in [0.29, 0.717) is 11.3 Å². The van der Waals surface area contributed by atoms with Gasteiger partial charge in [0.2, 0.25) is 0 Å². The molecule has 11 nitrogen and oxygen atoms in total. The number of para-hydroxylation sites is 1. The van der Waals surface area contributed by atoms with E-state index in [1.54, 1.807) is 64.1 Å². The minimum atomic E-state index is -2.34. The molecular weight excluding hydrogens is 489 g/mol. The minimum absolute atomic E-state index is 0.00607. The van der Waals surface area contributed by atoms with Gasteiger partial charge in [-0.1, -0.05) is 24.3 Å². The zero-order valence-electron chi connectivity index (χ0n) is 20.5. The Hall–Kier alpha value is -3.55. The van der Waals surface area contributed by atoms with Crippen molar-refractivity contribution in [1.29, 1.82) is 0 Å². The van der Waals surface area contributed by atoms with Crippen LogP contribution in [0.3, 0.4) is 0 Å². The van der Waals surface area contributed by atoms with E-state index in [9.17, 15) is 18.9 Å². The fourth-order valence-electron chi connectivity index (χ4n) is 2.58. The summed E-state index contributed by atoms with van der Waals surface area (Å²) in [5.74, 6) is 0.102. The number of carbonyl (C=O) groups is 1. The molecule has 3 N–H and O–H groups in total. The Morgan fingerprint density at radius 3 is 2.39 bits per heavy atom. The lowest BCUT2D eigenvalue weighted by molar-refractivity contribution is -0.148. The Morgan fingerprint density at radius 1 is 1.19 bits per heavy atom. The molecule has 0 fully saturated rings. The van der Waals surface area contributed by atoms with Crippen molar-refractivity contribution in [3.05, 3.63) is 75.1 Å². The first-order chi connectivity index (χ1) is 17.1. The van der Waals surface area contributed by atoms with Gasteiger partial charge < -0.3 is 15.2 Å². The molecule has 0 spiro atoms. The van der Waals surface area contributed by atoms with Crippen LogP contribution in [0.5, 0.6) is 5.75 Å². The number of aryl methyl sites for hydroxylation is 1. The molecule has 1 aliphatic rings. The predicted octanol–water partition coefficient (Wildman–Crippen LogP) is 2.59. The van der Waals surface area contributed by atoms with Gasteiger partial charge in [-0.25, -0.2) is 9.32 Å². The molecule has 36 heavy (non-hydrogen) atoms. The van der Waals surface area contributed by atoms with E-state index in [-0.39, 0.29) is 18.7 Å². The fraction of sp³-hybridized carbons (Fsp3) is 0.375. The summed E-state index contributed by atoms with van der Waals surface area (Å²) >= 11 is 0. The van der Waals surface area contributed by atoms with Crippen LogP contribution in [-0.2, 0) is 23.4 Å². The second-order valence-electron chi connectivity index (χ2n) is 7.63. The molecule has 3 rings (SSSR count).